The normalized spacial score (nSPS) is 14.5. The molecule has 1 aliphatic heterocycles. The van der Waals surface area contributed by atoms with Crippen molar-refractivity contribution in [3.05, 3.63) is 39.4 Å². The molecule has 0 aromatic heterocycles. The average molecular weight is 378 g/mol. The lowest BCUT2D eigenvalue weighted by molar-refractivity contribution is -0.385. The minimum atomic E-state index is -0.908. The summed E-state index contributed by atoms with van der Waals surface area (Å²) < 4.78 is 9.98. The van der Waals surface area contributed by atoms with Crippen molar-refractivity contribution in [1.82, 2.24) is 4.90 Å². The molecule has 1 amide bonds. The number of piperidine rings is 1. The lowest BCUT2D eigenvalue weighted by Gasteiger charge is -2.30. The zero-order chi connectivity index (χ0) is 20.0. The fraction of sp³-hybridized carbons (Fsp3) is 0.500. The Balaban J connectivity index is 1.91. The quantitative estimate of drug-likeness (QED) is 0.421. The number of rotatable bonds is 6. The van der Waals surface area contributed by atoms with Crippen LogP contribution < -0.4 is 0 Å². The van der Waals surface area contributed by atoms with Crippen LogP contribution in [0.1, 0.15) is 35.7 Å². The van der Waals surface area contributed by atoms with E-state index in [1.54, 1.807) is 19.9 Å². The SMILES string of the molecule is CCOC(=O)C1CCN(C(=O)COC(=O)c2c(C)cccc2[N+](=O)[O-])CC1. The van der Waals surface area contributed by atoms with Gasteiger partial charge in [0, 0.05) is 19.2 Å². The summed E-state index contributed by atoms with van der Waals surface area (Å²) in [5.74, 6) is -1.80. The fourth-order valence-corrected chi connectivity index (χ4v) is 2.99. The Morgan fingerprint density at radius 2 is 1.89 bits per heavy atom. The Morgan fingerprint density at radius 3 is 2.48 bits per heavy atom. The third kappa shape index (κ3) is 5.02. The summed E-state index contributed by atoms with van der Waals surface area (Å²) in [7, 11) is 0. The Morgan fingerprint density at radius 1 is 1.22 bits per heavy atom. The van der Waals surface area contributed by atoms with E-state index in [-0.39, 0.29) is 23.1 Å². The molecule has 0 spiro atoms. The van der Waals surface area contributed by atoms with E-state index in [0.29, 0.717) is 38.1 Å². The number of carbonyl (C=O) groups excluding carboxylic acids is 3. The lowest BCUT2D eigenvalue weighted by Crippen LogP contribution is -2.42. The highest BCUT2D eigenvalue weighted by atomic mass is 16.6. The first-order chi connectivity index (χ1) is 12.8. The number of benzene rings is 1. The van der Waals surface area contributed by atoms with Crippen LogP contribution in [-0.4, -0.2) is 54.0 Å². The van der Waals surface area contributed by atoms with Crippen molar-refractivity contribution < 1.29 is 28.8 Å². The highest BCUT2D eigenvalue weighted by molar-refractivity contribution is 5.96. The Labute approximate surface area is 156 Å². The number of hydrogen-bond donors (Lipinski definition) is 0. The zero-order valence-corrected chi connectivity index (χ0v) is 15.3. The molecule has 1 saturated heterocycles. The largest absolute Gasteiger partial charge is 0.466 e. The van der Waals surface area contributed by atoms with Gasteiger partial charge in [-0.05, 0) is 32.3 Å². The van der Waals surface area contributed by atoms with E-state index >= 15 is 0 Å². The minimum absolute atomic E-state index is 0.156. The monoisotopic (exact) mass is 378 g/mol. The number of aryl methyl sites for hydroxylation is 1. The van der Waals surface area contributed by atoms with Gasteiger partial charge >= 0.3 is 11.9 Å². The lowest BCUT2D eigenvalue weighted by atomic mass is 9.97. The molecule has 1 aromatic carbocycles. The molecule has 0 radical (unpaired) electrons. The van der Waals surface area contributed by atoms with Crippen LogP contribution in [0.25, 0.3) is 0 Å². The molecule has 0 atom stereocenters. The van der Waals surface area contributed by atoms with Crippen LogP contribution >= 0.6 is 0 Å². The number of ether oxygens (including phenoxy) is 2. The van der Waals surface area contributed by atoms with E-state index in [0.717, 1.165) is 0 Å². The second kappa shape index (κ2) is 9.11. The van der Waals surface area contributed by atoms with Gasteiger partial charge in [0.15, 0.2) is 6.61 Å². The first kappa shape index (κ1) is 20.3. The number of amides is 1. The molecular formula is C18H22N2O7. The van der Waals surface area contributed by atoms with Crippen molar-refractivity contribution in [1.29, 1.82) is 0 Å². The Bertz CT molecular complexity index is 739. The standard InChI is InChI=1S/C18H22N2O7/c1-3-26-17(22)13-7-9-19(10-8-13)15(21)11-27-18(23)16-12(2)5-4-6-14(16)20(24)25/h4-6,13H,3,7-11H2,1-2H3. The average Bonchev–Trinajstić information content (AvgIpc) is 2.65. The Kier molecular flexibility index (Phi) is 6.86. The predicted molar refractivity (Wildman–Crippen MR) is 94.1 cm³/mol. The van der Waals surface area contributed by atoms with E-state index in [4.69, 9.17) is 9.47 Å². The van der Waals surface area contributed by atoms with Crippen molar-refractivity contribution in [3.8, 4) is 0 Å². The van der Waals surface area contributed by atoms with E-state index in [1.807, 2.05) is 0 Å². The smallest absolute Gasteiger partial charge is 0.345 e. The number of nitrogens with zero attached hydrogens (tertiary/aromatic N) is 2. The number of nitro benzene ring substituents is 1. The van der Waals surface area contributed by atoms with Gasteiger partial charge in [0.2, 0.25) is 0 Å². The highest BCUT2D eigenvalue weighted by Gasteiger charge is 2.29. The first-order valence-corrected chi connectivity index (χ1v) is 8.70. The second-order valence-corrected chi connectivity index (χ2v) is 6.21. The molecule has 9 heteroatoms. The van der Waals surface area contributed by atoms with Crippen molar-refractivity contribution in [3.63, 3.8) is 0 Å². The summed E-state index contributed by atoms with van der Waals surface area (Å²) >= 11 is 0. The molecule has 0 unspecified atom stereocenters. The van der Waals surface area contributed by atoms with Gasteiger partial charge < -0.3 is 14.4 Å². The van der Waals surface area contributed by atoms with Crippen molar-refractivity contribution in [2.24, 2.45) is 5.92 Å². The summed E-state index contributed by atoms with van der Waals surface area (Å²) in [4.78, 5) is 48.1. The van der Waals surface area contributed by atoms with Crippen LogP contribution in [0.5, 0.6) is 0 Å². The zero-order valence-electron chi connectivity index (χ0n) is 15.3. The van der Waals surface area contributed by atoms with Crippen LogP contribution in [0.15, 0.2) is 18.2 Å². The molecule has 0 saturated carbocycles. The third-order valence-electron chi connectivity index (χ3n) is 4.45. The van der Waals surface area contributed by atoms with Gasteiger partial charge in [0.1, 0.15) is 5.56 Å². The number of hydrogen-bond acceptors (Lipinski definition) is 7. The molecule has 0 aliphatic carbocycles. The van der Waals surface area contributed by atoms with E-state index in [1.165, 1.54) is 17.0 Å². The first-order valence-electron chi connectivity index (χ1n) is 8.70. The molecule has 1 aliphatic rings. The van der Waals surface area contributed by atoms with Gasteiger partial charge in [-0.1, -0.05) is 12.1 Å². The van der Waals surface area contributed by atoms with Gasteiger partial charge in [0.05, 0.1) is 17.4 Å². The number of nitro groups is 1. The van der Waals surface area contributed by atoms with Crippen LogP contribution in [-0.2, 0) is 19.1 Å². The van der Waals surface area contributed by atoms with Gasteiger partial charge in [-0.3, -0.25) is 19.7 Å². The van der Waals surface area contributed by atoms with Crippen molar-refractivity contribution in [2.75, 3.05) is 26.3 Å². The minimum Gasteiger partial charge on any atom is -0.466 e. The summed E-state index contributed by atoms with van der Waals surface area (Å²) in [5, 5.41) is 11.1. The molecule has 1 fully saturated rings. The van der Waals surface area contributed by atoms with E-state index in [9.17, 15) is 24.5 Å². The second-order valence-electron chi connectivity index (χ2n) is 6.21. The van der Waals surface area contributed by atoms with Crippen LogP contribution in [0.3, 0.4) is 0 Å². The molecule has 27 heavy (non-hydrogen) atoms. The van der Waals surface area contributed by atoms with Gasteiger partial charge in [-0.2, -0.15) is 0 Å². The summed E-state index contributed by atoms with van der Waals surface area (Å²) in [6, 6.07) is 4.25. The summed E-state index contributed by atoms with van der Waals surface area (Å²) in [6.07, 6.45) is 0.976. The third-order valence-corrected chi connectivity index (χ3v) is 4.45. The number of esters is 2. The molecule has 1 heterocycles. The van der Waals surface area contributed by atoms with Crippen molar-refractivity contribution >= 4 is 23.5 Å². The number of carbonyl (C=O) groups is 3. The van der Waals surface area contributed by atoms with Crippen LogP contribution in [0, 0.1) is 23.0 Å². The maximum atomic E-state index is 12.2. The molecule has 0 bridgehead atoms. The highest BCUT2D eigenvalue weighted by Crippen LogP contribution is 2.23. The molecule has 1 aromatic rings. The predicted octanol–water partition coefficient (Wildman–Crippen LogP) is 1.86. The van der Waals surface area contributed by atoms with Crippen LogP contribution in [0.4, 0.5) is 5.69 Å². The maximum Gasteiger partial charge on any atom is 0.345 e. The van der Waals surface area contributed by atoms with Gasteiger partial charge in [0.25, 0.3) is 11.6 Å². The van der Waals surface area contributed by atoms with Gasteiger partial charge in [-0.15, -0.1) is 0 Å². The maximum absolute atomic E-state index is 12.2. The molecule has 146 valence electrons. The molecule has 0 N–H and O–H groups in total. The molecular weight excluding hydrogens is 356 g/mol. The topological polar surface area (TPSA) is 116 Å². The van der Waals surface area contributed by atoms with Crippen molar-refractivity contribution in [2.45, 2.75) is 26.7 Å². The van der Waals surface area contributed by atoms with E-state index in [2.05, 4.69) is 0 Å². The fourth-order valence-electron chi connectivity index (χ4n) is 2.99. The molecule has 9 nitrogen and oxygen atoms in total. The van der Waals surface area contributed by atoms with Gasteiger partial charge in [-0.25, -0.2) is 4.79 Å². The van der Waals surface area contributed by atoms with Crippen LogP contribution in [0.2, 0.25) is 0 Å². The van der Waals surface area contributed by atoms with E-state index < -0.39 is 23.4 Å². The Hall–Kier alpha value is -2.97. The molecule has 2 rings (SSSR count). The summed E-state index contributed by atoms with van der Waals surface area (Å²) in [6.45, 7) is 3.84. The number of likely N-dealkylation sites (tertiary alicyclic amines) is 1. The summed E-state index contributed by atoms with van der Waals surface area (Å²) in [5.41, 5.74) is -0.115.